The molecule has 1 amide bonds. The zero-order chi connectivity index (χ0) is 22.2. The number of hydrogen-bond donors (Lipinski definition) is 3. The molecule has 12 heteroatoms. The van der Waals surface area contributed by atoms with Crippen molar-refractivity contribution >= 4 is 27.8 Å². The van der Waals surface area contributed by atoms with Gasteiger partial charge in [-0.05, 0) is 46.1 Å². The van der Waals surface area contributed by atoms with Crippen molar-refractivity contribution in [2.24, 2.45) is 0 Å². The molecule has 162 valence electrons. The minimum Gasteiger partial charge on any atom is -0.480 e. The molecule has 0 spiro atoms. The fourth-order valence-electron chi connectivity index (χ4n) is 2.30. The maximum absolute atomic E-state index is 12.4. The summed E-state index contributed by atoms with van der Waals surface area (Å²) in [5, 5.41) is 22.8. The number of amides is 1. The van der Waals surface area contributed by atoms with E-state index in [1.807, 2.05) is 4.72 Å². The highest BCUT2D eigenvalue weighted by Gasteiger charge is 2.30. The van der Waals surface area contributed by atoms with Gasteiger partial charge in [0.25, 0.3) is 5.69 Å². The summed E-state index contributed by atoms with van der Waals surface area (Å²) in [5.41, 5.74) is -1.29. The number of nitro groups is 1. The molecule has 0 radical (unpaired) electrons. The van der Waals surface area contributed by atoms with Crippen molar-refractivity contribution in [2.75, 3.05) is 6.54 Å². The molecule has 11 nitrogen and oxygen atoms in total. The third-order valence-corrected chi connectivity index (χ3v) is 5.05. The largest absolute Gasteiger partial charge is 0.480 e. The van der Waals surface area contributed by atoms with Crippen molar-refractivity contribution < 1.29 is 32.8 Å². The van der Waals surface area contributed by atoms with Gasteiger partial charge in [-0.2, -0.15) is 4.72 Å². The third-order valence-electron chi connectivity index (χ3n) is 3.53. The number of carboxylic acid groups (broad SMARTS) is 1. The Hall–Kier alpha value is -2.73. The van der Waals surface area contributed by atoms with E-state index in [9.17, 15) is 33.2 Å². The molecule has 1 rings (SSSR count). The zero-order valence-corrected chi connectivity index (χ0v) is 17.2. The van der Waals surface area contributed by atoms with E-state index in [0.717, 1.165) is 12.1 Å². The molecule has 1 atom stereocenters. The molecule has 3 N–H and O–H groups in total. The molecule has 0 saturated heterocycles. The minimum atomic E-state index is -4.42. The van der Waals surface area contributed by atoms with Crippen LogP contribution in [0.25, 0.3) is 0 Å². The highest BCUT2D eigenvalue weighted by atomic mass is 32.2. The van der Waals surface area contributed by atoms with Crippen LogP contribution in [0.15, 0.2) is 29.2 Å². The number of sulfonamides is 1. The third kappa shape index (κ3) is 8.44. The topological polar surface area (TPSA) is 165 Å². The van der Waals surface area contributed by atoms with Crippen molar-refractivity contribution in [3.8, 4) is 0 Å². The number of benzene rings is 1. The van der Waals surface area contributed by atoms with Crippen LogP contribution in [0.3, 0.4) is 0 Å². The fourth-order valence-corrected chi connectivity index (χ4v) is 3.69. The zero-order valence-electron chi connectivity index (χ0n) is 16.4. The Morgan fingerprint density at radius 2 is 1.86 bits per heavy atom. The van der Waals surface area contributed by atoms with Gasteiger partial charge in [-0.1, -0.05) is 12.1 Å². The van der Waals surface area contributed by atoms with E-state index in [1.54, 1.807) is 20.8 Å². The average molecular weight is 431 g/mol. The number of nitro benzene ring substituents is 1. The van der Waals surface area contributed by atoms with Gasteiger partial charge < -0.3 is 15.2 Å². The first-order valence-corrected chi connectivity index (χ1v) is 10.3. The number of rotatable bonds is 10. The lowest BCUT2D eigenvalue weighted by atomic mass is 10.1. The molecule has 0 aliphatic carbocycles. The van der Waals surface area contributed by atoms with Crippen LogP contribution in [0, 0.1) is 10.1 Å². The number of nitrogens with one attached hydrogen (secondary N) is 2. The van der Waals surface area contributed by atoms with Crippen molar-refractivity contribution in [3.63, 3.8) is 0 Å². The predicted molar refractivity (Wildman–Crippen MR) is 103 cm³/mol. The molecule has 1 aromatic rings. The number of alkyl carbamates (subject to hydrolysis) is 1. The number of carbonyl (C=O) groups excluding carboxylic acids is 1. The first kappa shape index (κ1) is 24.3. The number of para-hydroxylation sites is 1. The van der Waals surface area contributed by atoms with Crippen LogP contribution in [0.2, 0.25) is 0 Å². The van der Waals surface area contributed by atoms with E-state index >= 15 is 0 Å². The Morgan fingerprint density at radius 3 is 2.41 bits per heavy atom. The van der Waals surface area contributed by atoms with E-state index in [0.29, 0.717) is 6.42 Å². The molecule has 0 aromatic heterocycles. The van der Waals surface area contributed by atoms with E-state index in [1.165, 1.54) is 12.1 Å². The molecule has 0 aliphatic rings. The van der Waals surface area contributed by atoms with Crippen LogP contribution in [0.5, 0.6) is 0 Å². The SMILES string of the molecule is CC(C)(C)OC(=O)NCCCCC(NS(=O)(=O)c1ccccc1[N+](=O)[O-])C(=O)O. The lowest BCUT2D eigenvalue weighted by molar-refractivity contribution is -0.387. The first-order valence-electron chi connectivity index (χ1n) is 8.79. The van der Waals surface area contributed by atoms with Gasteiger partial charge in [-0.3, -0.25) is 14.9 Å². The van der Waals surface area contributed by atoms with Crippen molar-refractivity contribution in [3.05, 3.63) is 34.4 Å². The summed E-state index contributed by atoms with van der Waals surface area (Å²) in [7, 11) is -4.42. The second kappa shape index (κ2) is 10.2. The van der Waals surface area contributed by atoms with Crippen molar-refractivity contribution in [2.45, 2.75) is 56.6 Å². The van der Waals surface area contributed by atoms with Gasteiger partial charge in [0.05, 0.1) is 4.92 Å². The summed E-state index contributed by atoms with van der Waals surface area (Å²) < 4.78 is 31.9. The Bertz CT molecular complexity index is 848. The normalized spacial score (nSPS) is 12.8. The van der Waals surface area contributed by atoms with Crippen LogP contribution in [-0.4, -0.2) is 48.7 Å². The number of aliphatic carboxylic acids is 1. The van der Waals surface area contributed by atoms with E-state index in [2.05, 4.69) is 5.32 Å². The molecule has 1 aromatic carbocycles. The molecular formula is C17H25N3O8S. The summed E-state index contributed by atoms with van der Waals surface area (Å²) in [6.45, 7) is 5.37. The predicted octanol–water partition coefficient (Wildman–Crippen LogP) is 2.02. The molecule has 0 fully saturated rings. The number of nitrogens with zero attached hydrogens (tertiary/aromatic N) is 1. The number of carbonyl (C=O) groups is 2. The molecule has 0 bridgehead atoms. The molecular weight excluding hydrogens is 406 g/mol. The van der Waals surface area contributed by atoms with Gasteiger partial charge in [0.15, 0.2) is 4.90 Å². The number of ether oxygens (including phenoxy) is 1. The number of unbranched alkanes of at least 4 members (excludes halogenated alkanes) is 1. The van der Waals surface area contributed by atoms with Crippen molar-refractivity contribution in [1.82, 2.24) is 10.0 Å². The Kier molecular flexibility index (Phi) is 8.52. The summed E-state index contributed by atoms with van der Waals surface area (Å²) in [4.78, 5) is 32.5. The Morgan fingerprint density at radius 1 is 1.24 bits per heavy atom. The highest BCUT2D eigenvalue weighted by Crippen LogP contribution is 2.23. The molecule has 1 unspecified atom stereocenters. The quantitative estimate of drug-likeness (QED) is 0.287. The summed E-state index contributed by atoms with van der Waals surface area (Å²) in [6, 6.07) is 3.20. The summed E-state index contributed by atoms with van der Waals surface area (Å²) in [5.74, 6) is -1.41. The van der Waals surface area contributed by atoms with Gasteiger partial charge in [0.1, 0.15) is 11.6 Å². The molecule has 0 saturated carbocycles. The Labute approximate surface area is 168 Å². The van der Waals surface area contributed by atoms with Crippen LogP contribution < -0.4 is 10.0 Å². The van der Waals surface area contributed by atoms with Crippen LogP contribution in [0.1, 0.15) is 40.0 Å². The van der Waals surface area contributed by atoms with Crippen molar-refractivity contribution in [1.29, 1.82) is 0 Å². The van der Waals surface area contributed by atoms with Gasteiger partial charge in [0.2, 0.25) is 10.0 Å². The molecule has 29 heavy (non-hydrogen) atoms. The van der Waals surface area contributed by atoms with Crippen LogP contribution >= 0.6 is 0 Å². The van der Waals surface area contributed by atoms with Gasteiger partial charge in [-0.15, -0.1) is 0 Å². The minimum absolute atomic E-state index is 0.0643. The summed E-state index contributed by atoms with van der Waals surface area (Å²) in [6.07, 6.45) is -0.00230. The van der Waals surface area contributed by atoms with E-state index in [-0.39, 0.29) is 19.4 Å². The van der Waals surface area contributed by atoms with E-state index < -0.39 is 49.2 Å². The first-order chi connectivity index (χ1) is 13.3. The number of carboxylic acids is 1. The van der Waals surface area contributed by atoms with Gasteiger partial charge in [-0.25, -0.2) is 13.2 Å². The smallest absolute Gasteiger partial charge is 0.407 e. The lowest BCUT2D eigenvalue weighted by Crippen LogP contribution is -2.41. The maximum Gasteiger partial charge on any atom is 0.407 e. The fraction of sp³-hybridized carbons (Fsp3) is 0.529. The lowest BCUT2D eigenvalue weighted by Gasteiger charge is -2.19. The summed E-state index contributed by atoms with van der Waals surface area (Å²) >= 11 is 0. The van der Waals surface area contributed by atoms with E-state index in [4.69, 9.17) is 4.74 Å². The monoisotopic (exact) mass is 431 g/mol. The van der Waals surface area contributed by atoms with Crippen LogP contribution in [-0.2, 0) is 19.6 Å². The average Bonchev–Trinajstić information content (AvgIpc) is 2.58. The van der Waals surface area contributed by atoms with Gasteiger partial charge >= 0.3 is 12.1 Å². The standard InChI is InChI=1S/C17H25N3O8S/c1-17(2,3)28-16(23)18-11-7-6-8-12(15(21)22)19-29(26,27)14-10-5-4-9-13(14)20(24)25/h4-5,9-10,12,19H,6-8,11H2,1-3H3,(H,18,23)(H,21,22). The molecule has 0 heterocycles. The Balaban J connectivity index is 2.65. The second-order valence-corrected chi connectivity index (χ2v) is 8.84. The van der Waals surface area contributed by atoms with Crippen LogP contribution in [0.4, 0.5) is 10.5 Å². The second-order valence-electron chi connectivity index (χ2n) is 7.16. The highest BCUT2D eigenvalue weighted by molar-refractivity contribution is 7.89. The maximum atomic E-state index is 12.4. The number of hydrogen-bond acceptors (Lipinski definition) is 7. The molecule has 0 aliphatic heterocycles. The van der Waals surface area contributed by atoms with Gasteiger partial charge in [0, 0.05) is 12.6 Å².